The molecule has 0 saturated carbocycles. The van der Waals surface area contributed by atoms with E-state index in [1.54, 1.807) is 12.4 Å². The summed E-state index contributed by atoms with van der Waals surface area (Å²) in [7, 11) is 6.20. The minimum absolute atomic E-state index is 0.0246. The van der Waals surface area contributed by atoms with E-state index in [-0.39, 0.29) is 16.8 Å². The standard InChI is InChI=1S/C23H15BN6O2/c24-19-20(15-8-16(23(31)32)10-26-9-15)29-22-17(12-28-30(22)21(19)25)14-6-7-18(27-11-14)13-4-2-1-3-5-13/h1-12H,25H2,(H,31,32). The number of carboxylic acid groups (broad SMARTS) is 1. The van der Waals surface area contributed by atoms with Crippen LogP contribution in [0.3, 0.4) is 0 Å². The third kappa shape index (κ3) is 3.25. The number of nitrogens with two attached hydrogens (primary N) is 1. The highest BCUT2D eigenvalue weighted by molar-refractivity contribution is 6.38. The van der Waals surface area contributed by atoms with E-state index in [1.807, 2.05) is 42.5 Å². The van der Waals surface area contributed by atoms with E-state index in [0.717, 1.165) is 16.8 Å². The van der Waals surface area contributed by atoms with Gasteiger partial charge in [0, 0.05) is 40.8 Å². The Morgan fingerprint density at radius 1 is 0.969 bits per heavy atom. The first kappa shape index (κ1) is 19.4. The van der Waals surface area contributed by atoms with Crippen molar-refractivity contribution in [2.75, 3.05) is 5.73 Å². The number of hydrogen-bond donors (Lipinski definition) is 2. The fourth-order valence-electron chi connectivity index (χ4n) is 3.47. The van der Waals surface area contributed by atoms with Crippen LogP contribution in [0.4, 0.5) is 5.82 Å². The molecule has 5 rings (SSSR count). The molecule has 152 valence electrons. The van der Waals surface area contributed by atoms with Crippen LogP contribution in [0.2, 0.25) is 0 Å². The number of nitrogen functional groups attached to an aromatic ring is 1. The molecule has 0 aliphatic rings. The van der Waals surface area contributed by atoms with Gasteiger partial charge in [-0.3, -0.25) is 9.97 Å². The second-order valence-corrected chi connectivity index (χ2v) is 7.12. The molecule has 0 amide bonds. The topological polar surface area (TPSA) is 119 Å². The molecule has 0 atom stereocenters. The lowest BCUT2D eigenvalue weighted by atomic mass is 9.91. The zero-order valence-corrected chi connectivity index (χ0v) is 16.7. The molecule has 4 heterocycles. The number of pyridine rings is 2. The van der Waals surface area contributed by atoms with E-state index >= 15 is 0 Å². The molecule has 1 aromatic carbocycles. The minimum Gasteiger partial charge on any atom is -0.478 e. The maximum Gasteiger partial charge on any atom is 0.337 e. The first-order valence-electron chi connectivity index (χ1n) is 9.66. The Morgan fingerprint density at radius 3 is 2.50 bits per heavy atom. The van der Waals surface area contributed by atoms with E-state index in [4.69, 9.17) is 13.6 Å². The summed E-state index contributed by atoms with van der Waals surface area (Å²) in [6.45, 7) is 0. The van der Waals surface area contributed by atoms with Crippen LogP contribution < -0.4 is 11.2 Å². The van der Waals surface area contributed by atoms with Gasteiger partial charge in [0.05, 0.1) is 23.1 Å². The van der Waals surface area contributed by atoms with Crippen LogP contribution in [-0.2, 0) is 0 Å². The van der Waals surface area contributed by atoms with Gasteiger partial charge < -0.3 is 10.8 Å². The first-order valence-corrected chi connectivity index (χ1v) is 9.66. The zero-order valence-electron chi connectivity index (χ0n) is 16.7. The van der Waals surface area contributed by atoms with Crippen molar-refractivity contribution in [3.63, 3.8) is 0 Å². The Bertz CT molecular complexity index is 1470. The monoisotopic (exact) mass is 418 g/mol. The summed E-state index contributed by atoms with van der Waals surface area (Å²) in [6, 6.07) is 15.2. The minimum atomic E-state index is -1.10. The van der Waals surface area contributed by atoms with Gasteiger partial charge in [0.15, 0.2) is 5.65 Å². The van der Waals surface area contributed by atoms with Crippen LogP contribution >= 0.6 is 0 Å². The van der Waals surface area contributed by atoms with Crippen LogP contribution in [0.15, 0.2) is 73.3 Å². The van der Waals surface area contributed by atoms with Crippen molar-refractivity contribution >= 4 is 30.7 Å². The summed E-state index contributed by atoms with van der Waals surface area (Å²) >= 11 is 0. The normalized spacial score (nSPS) is 11.0. The van der Waals surface area contributed by atoms with Crippen LogP contribution in [0.5, 0.6) is 0 Å². The number of hydrogen-bond acceptors (Lipinski definition) is 6. The maximum atomic E-state index is 11.3. The van der Waals surface area contributed by atoms with E-state index < -0.39 is 5.97 Å². The number of carboxylic acids is 1. The lowest BCUT2D eigenvalue weighted by molar-refractivity contribution is 0.0696. The van der Waals surface area contributed by atoms with Gasteiger partial charge in [-0.15, -0.1) is 0 Å². The number of anilines is 1. The fraction of sp³-hybridized carbons (Fsp3) is 0. The average molecular weight is 418 g/mol. The molecular weight excluding hydrogens is 403 g/mol. The molecule has 32 heavy (non-hydrogen) atoms. The predicted molar refractivity (Wildman–Crippen MR) is 122 cm³/mol. The highest BCUT2D eigenvalue weighted by Gasteiger charge is 2.17. The van der Waals surface area contributed by atoms with Crippen molar-refractivity contribution in [2.45, 2.75) is 0 Å². The van der Waals surface area contributed by atoms with Crippen molar-refractivity contribution in [3.05, 3.63) is 78.9 Å². The Kier molecular flexibility index (Phi) is 4.63. The van der Waals surface area contributed by atoms with Crippen LogP contribution in [-0.4, -0.2) is 43.5 Å². The highest BCUT2D eigenvalue weighted by atomic mass is 16.4. The fourth-order valence-corrected chi connectivity index (χ4v) is 3.47. The molecule has 0 saturated heterocycles. The summed E-state index contributed by atoms with van der Waals surface area (Å²) in [5.41, 5.74) is 11.1. The smallest absolute Gasteiger partial charge is 0.337 e. The molecule has 0 bridgehead atoms. The third-order valence-corrected chi connectivity index (χ3v) is 5.12. The third-order valence-electron chi connectivity index (χ3n) is 5.12. The summed E-state index contributed by atoms with van der Waals surface area (Å²) < 4.78 is 1.45. The van der Waals surface area contributed by atoms with Gasteiger partial charge in [0.1, 0.15) is 13.7 Å². The molecule has 3 N–H and O–H groups in total. The van der Waals surface area contributed by atoms with Crippen LogP contribution in [0, 0.1) is 0 Å². The number of benzene rings is 1. The van der Waals surface area contributed by atoms with Gasteiger partial charge in [-0.2, -0.15) is 9.61 Å². The molecule has 5 aromatic rings. The van der Waals surface area contributed by atoms with Gasteiger partial charge in [0.2, 0.25) is 0 Å². The summed E-state index contributed by atoms with van der Waals surface area (Å²) in [4.78, 5) is 24.6. The van der Waals surface area contributed by atoms with Crippen LogP contribution in [0.1, 0.15) is 10.4 Å². The predicted octanol–water partition coefficient (Wildman–Crippen LogP) is 2.59. The van der Waals surface area contributed by atoms with E-state index in [2.05, 4.69) is 20.1 Å². The Balaban J connectivity index is 1.63. The van der Waals surface area contributed by atoms with Gasteiger partial charge in [-0.1, -0.05) is 36.4 Å². The Morgan fingerprint density at radius 2 is 1.78 bits per heavy atom. The molecule has 9 heteroatoms. The number of aromatic nitrogens is 5. The second kappa shape index (κ2) is 7.62. The van der Waals surface area contributed by atoms with Gasteiger partial charge in [0.25, 0.3) is 0 Å². The number of carbonyl (C=O) groups is 1. The summed E-state index contributed by atoms with van der Waals surface area (Å²) in [5.74, 6) is -0.896. The molecule has 0 aliphatic carbocycles. The number of fused-ring (bicyclic) bond motifs is 1. The van der Waals surface area contributed by atoms with Crippen molar-refractivity contribution in [3.8, 4) is 33.6 Å². The lowest BCUT2D eigenvalue weighted by Crippen LogP contribution is -2.20. The molecule has 8 nitrogen and oxygen atoms in total. The van der Waals surface area contributed by atoms with Gasteiger partial charge in [-0.05, 0) is 17.6 Å². The number of rotatable bonds is 4. The molecular formula is C23H15BN6O2. The Hall–Kier alpha value is -4.53. The van der Waals surface area contributed by atoms with E-state index in [0.29, 0.717) is 22.5 Å². The quantitative estimate of drug-likeness (QED) is 0.431. The zero-order chi connectivity index (χ0) is 22.2. The molecule has 4 aromatic heterocycles. The van der Waals surface area contributed by atoms with Crippen molar-refractivity contribution in [1.29, 1.82) is 0 Å². The van der Waals surface area contributed by atoms with Crippen molar-refractivity contribution < 1.29 is 9.90 Å². The highest BCUT2D eigenvalue weighted by Crippen LogP contribution is 2.28. The molecule has 2 radical (unpaired) electrons. The number of nitrogens with zero attached hydrogens (tertiary/aromatic N) is 5. The van der Waals surface area contributed by atoms with Crippen molar-refractivity contribution in [2.24, 2.45) is 0 Å². The lowest BCUT2D eigenvalue weighted by Gasteiger charge is -2.11. The molecule has 0 aliphatic heterocycles. The summed E-state index contributed by atoms with van der Waals surface area (Å²) in [5, 5.41) is 13.6. The molecule has 0 unspecified atom stereocenters. The van der Waals surface area contributed by atoms with Crippen LogP contribution in [0.25, 0.3) is 39.3 Å². The second-order valence-electron chi connectivity index (χ2n) is 7.12. The largest absolute Gasteiger partial charge is 0.478 e. The molecule has 0 fully saturated rings. The average Bonchev–Trinajstić information content (AvgIpc) is 3.26. The van der Waals surface area contributed by atoms with E-state index in [9.17, 15) is 9.90 Å². The van der Waals surface area contributed by atoms with Gasteiger partial charge >= 0.3 is 5.97 Å². The molecule has 0 spiro atoms. The van der Waals surface area contributed by atoms with E-state index in [1.165, 1.54) is 23.0 Å². The number of aromatic carboxylic acids is 1. The van der Waals surface area contributed by atoms with Crippen molar-refractivity contribution in [1.82, 2.24) is 24.6 Å². The maximum absolute atomic E-state index is 11.3. The Labute approximate surface area is 183 Å². The summed E-state index contributed by atoms with van der Waals surface area (Å²) in [6.07, 6.45) is 6.15. The van der Waals surface area contributed by atoms with Gasteiger partial charge in [-0.25, -0.2) is 9.78 Å². The first-order chi connectivity index (χ1) is 15.5. The SMILES string of the molecule is [B]c1c(-c2cncc(C(=O)O)c2)nc2c(-c3ccc(-c4ccccc4)nc3)cnn2c1N.